The molecule has 1 aliphatic carbocycles. The first-order valence-electron chi connectivity index (χ1n) is 18.0. The highest BCUT2D eigenvalue weighted by atomic mass is 16.3. The summed E-state index contributed by atoms with van der Waals surface area (Å²) in [7, 11) is 0. The summed E-state index contributed by atoms with van der Waals surface area (Å²) in [6, 6.07) is 0. The van der Waals surface area contributed by atoms with E-state index in [4.69, 9.17) is 10.2 Å². The summed E-state index contributed by atoms with van der Waals surface area (Å²) in [6.07, 6.45) is 38.9. The third-order valence-electron chi connectivity index (χ3n) is 9.92. The molecular formula is C36H72O2. The molecule has 2 N–H and O–H groups in total. The molecule has 2 heteroatoms. The van der Waals surface area contributed by atoms with Crippen molar-refractivity contribution < 1.29 is 10.2 Å². The summed E-state index contributed by atoms with van der Waals surface area (Å²) in [5, 5.41) is 17.9. The summed E-state index contributed by atoms with van der Waals surface area (Å²) in [5.41, 5.74) is 0. The van der Waals surface area contributed by atoms with Crippen LogP contribution >= 0.6 is 0 Å². The zero-order chi connectivity index (χ0) is 27.5. The second-order valence-electron chi connectivity index (χ2n) is 13.1. The van der Waals surface area contributed by atoms with Crippen molar-refractivity contribution in [3.8, 4) is 0 Å². The van der Waals surface area contributed by atoms with Crippen molar-refractivity contribution in [3.05, 3.63) is 0 Å². The molecule has 0 aromatic carbocycles. The van der Waals surface area contributed by atoms with E-state index in [0.29, 0.717) is 13.2 Å². The van der Waals surface area contributed by atoms with Crippen LogP contribution in [0.3, 0.4) is 0 Å². The fourth-order valence-electron chi connectivity index (χ4n) is 7.59. The highest BCUT2D eigenvalue weighted by molar-refractivity contribution is 4.88. The fourth-order valence-corrected chi connectivity index (χ4v) is 7.59. The molecule has 1 saturated carbocycles. The van der Waals surface area contributed by atoms with Crippen molar-refractivity contribution in [2.75, 3.05) is 13.2 Å². The molecule has 228 valence electrons. The van der Waals surface area contributed by atoms with Crippen molar-refractivity contribution in [1.29, 1.82) is 0 Å². The lowest BCUT2D eigenvalue weighted by molar-refractivity contribution is 0.0582. The van der Waals surface area contributed by atoms with Crippen LogP contribution in [0.1, 0.15) is 194 Å². The Labute approximate surface area is 240 Å². The summed E-state index contributed by atoms with van der Waals surface area (Å²) in [6.45, 7) is 5.47. The Morgan fingerprint density at radius 3 is 1.03 bits per heavy atom. The zero-order valence-corrected chi connectivity index (χ0v) is 26.4. The maximum atomic E-state index is 8.99. The fraction of sp³-hybridized carbons (Fsp3) is 1.00. The van der Waals surface area contributed by atoms with Gasteiger partial charge < -0.3 is 10.2 Å². The summed E-state index contributed by atoms with van der Waals surface area (Å²) < 4.78 is 0. The topological polar surface area (TPSA) is 40.5 Å². The first-order valence-corrected chi connectivity index (χ1v) is 18.0. The summed E-state index contributed by atoms with van der Waals surface area (Å²) >= 11 is 0. The van der Waals surface area contributed by atoms with Gasteiger partial charge in [-0.1, -0.05) is 155 Å². The predicted molar refractivity (Wildman–Crippen MR) is 169 cm³/mol. The monoisotopic (exact) mass is 537 g/mol. The van der Waals surface area contributed by atoms with Gasteiger partial charge in [-0.25, -0.2) is 0 Å². The van der Waals surface area contributed by atoms with Crippen molar-refractivity contribution in [2.24, 2.45) is 23.7 Å². The quantitative estimate of drug-likeness (QED) is 0.0976. The van der Waals surface area contributed by atoms with Gasteiger partial charge in [-0.2, -0.15) is 0 Å². The third kappa shape index (κ3) is 18.3. The Morgan fingerprint density at radius 2 is 0.658 bits per heavy atom. The number of aliphatic hydroxyl groups excluding tert-OH is 2. The number of hydrogen-bond acceptors (Lipinski definition) is 2. The lowest BCUT2D eigenvalue weighted by Gasteiger charge is -2.44. The molecule has 1 fully saturated rings. The highest BCUT2D eigenvalue weighted by Crippen LogP contribution is 2.47. The molecule has 0 aromatic rings. The van der Waals surface area contributed by atoms with Crippen LogP contribution in [0.15, 0.2) is 0 Å². The maximum absolute atomic E-state index is 8.99. The molecular weight excluding hydrogens is 464 g/mol. The molecule has 0 saturated heterocycles. The maximum Gasteiger partial charge on any atom is 0.0431 e. The predicted octanol–water partition coefficient (Wildman–Crippen LogP) is 11.4. The van der Waals surface area contributed by atoms with Gasteiger partial charge in [-0.3, -0.25) is 0 Å². The van der Waals surface area contributed by atoms with Gasteiger partial charge in [0, 0.05) is 13.2 Å². The molecule has 0 amide bonds. The van der Waals surface area contributed by atoms with E-state index in [1.54, 1.807) is 0 Å². The highest BCUT2D eigenvalue weighted by Gasteiger charge is 2.37. The molecule has 2 nitrogen and oxygen atoms in total. The van der Waals surface area contributed by atoms with E-state index >= 15 is 0 Å². The van der Waals surface area contributed by atoms with Crippen LogP contribution in [0.5, 0.6) is 0 Å². The first kappa shape index (κ1) is 35.9. The first-order chi connectivity index (χ1) is 18.8. The van der Waals surface area contributed by atoms with Crippen LogP contribution in [0.2, 0.25) is 0 Å². The van der Waals surface area contributed by atoms with E-state index < -0.39 is 0 Å². The molecule has 38 heavy (non-hydrogen) atoms. The van der Waals surface area contributed by atoms with Crippen LogP contribution in [0, 0.1) is 23.7 Å². The van der Waals surface area contributed by atoms with Gasteiger partial charge in [0.1, 0.15) is 0 Å². The van der Waals surface area contributed by atoms with Gasteiger partial charge in [0.05, 0.1) is 0 Å². The van der Waals surface area contributed by atoms with Crippen molar-refractivity contribution in [1.82, 2.24) is 0 Å². The van der Waals surface area contributed by atoms with Gasteiger partial charge in [0.15, 0.2) is 0 Å². The second-order valence-corrected chi connectivity index (χ2v) is 13.1. The molecule has 0 heterocycles. The van der Waals surface area contributed by atoms with Crippen molar-refractivity contribution >= 4 is 0 Å². The molecule has 1 aliphatic rings. The molecule has 4 unspecified atom stereocenters. The third-order valence-corrected chi connectivity index (χ3v) is 9.92. The van der Waals surface area contributed by atoms with E-state index in [1.807, 2.05) is 0 Å². The smallest absolute Gasteiger partial charge is 0.0431 e. The van der Waals surface area contributed by atoms with Gasteiger partial charge in [0.2, 0.25) is 0 Å². The van der Waals surface area contributed by atoms with Crippen molar-refractivity contribution in [2.45, 2.75) is 194 Å². The Bertz CT molecular complexity index is 464. The van der Waals surface area contributed by atoms with E-state index in [-0.39, 0.29) is 0 Å². The molecule has 1 rings (SSSR count). The van der Waals surface area contributed by atoms with E-state index in [9.17, 15) is 0 Å². The van der Waals surface area contributed by atoms with E-state index in [2.05, 4.69) is 13.8 Å². The minimum atomic E-state index is 0.368. The van der Waals surface area contributed by atoms with Gasteiger partial charge in [0.25, 0.3) is 0 Å². The zero-order valence-electron chi connectivity index (χ0n) is 26.4. The van der Waals surface area contributed by atoms with Crippen LogP contribution in [0.4, 0.5) is 0 Å². The van der Waals surface area contributed by atoms with Gasteiger partial charge in [-0.15, -0.1) is 0 Å². The average molecular weight is 537 g/mol. The standard InChI is InChI=1S/C36H72O2/c1-3-5-19-25-33-29-30-34(26-21-15-11-10-14-18-24-32-38)36(35(33)27-20-6-4-2)28-22-16-12-8-7-9-13-17-23-31-37/h33-38H,3-32H2,1-2H3. The Balaban J connectivity index is 2.55. The van der Waals surface area contributed by atoms with Crippen LogP contribution < -0.4 is 0 Å². The Kier molecular flexibility index (Phi) is 25.6. The average Bonchev–Trinajstić information content (AvgIpc) is 2.93. The van der Waals surface area contributed by atoms with Crippen LogP contribution in [-0.2, 0) is 0 Å². The molecule has 0 aliphatic heterocycles. The minimum absolute atomic E-state index is 0.368. The lowest BCUT2D eigenvalue weighted by atomic mass is 9.61. The van der Waals surface area contributed by atoms with Crippen LogP contribution in [-0.4, -0.2) is 23.4 Å². The molecule has 0 bridgehead atoms. The molecule has 0 spiro atoms. The SMILES string of the molecule is CCCCCC1CCC(CCCCCCCCCO)C(CCCCCCCCCCCO)C1CCCCC. The number of unbranched alkanes of at least 4 members (excludes halogenated alkanes) is 18. The van der Waals surface area contributed by atoms with Crippen molar-refractivity contribution in [3.63, 3.8) is 0 Å². The summed E-state index contributed by atoms with van der Waals surface area (Å²) in [4.78, 5) is 0. The lowest BCUT2D eigenvalue weighted by Crippen LogP contribution is -2.35. The van der Waals surface area contributed by atoms with Gasteiger partial charge >= 0.3 is 0 Å². The normalized spacial score (nSPS) is 21.8. The minimum Gasteiger partial charge on any atom is -0.396 e. The molecule has 0 aromatic heterocycles. The largest absolute Gasteiger partial charge is 0.396 e. The number of hydrogen-bond donors (Lipinski definition) is 2. The van der Waals surface area contributed by atoms with Gasteiger partial charge in [-0.05, 0) is 62.2 Å². The van der Waals surface area contributed by atoms with E-state index in [0.717, 1.165) is 36.5 Å². The molecule has 4 atom stereocenters. The summed E-state index contributed by atoms with van der Waals surface area (Å²) in [5.74, 6) is 4.05. The Morgan fingerprint density at radius 1 is 0.368 bits per heavy atom. The Hall–Kier alpha value is -0.0800. The number of aliphatic hydroxyl groups is 2. The number of rotatable bonds is 28. The van der Waals surface area contributed by atoms with E-state index in [1.165, 1.54) is 167 Å². The second kappa shape index (κ2) is 27.1. The molecule has 0 radical (unpaired) electrons. The van der Waals surface area contributed by atoms with Crippen LogP contribution in [0.25, 0.3) is 0 Å².